The minimum Gasteiger partial charge on any atom is -0.465 e. The third-order valence-electron chi connectivity index (χ3n) is 3.24. The van der Waals surface area contributed by atoms with E-state index >= 15 is 0 Å². The molecule has 5 heteroatoms. The third kappa shape index (κ3) is 4.73. The van der Waals surface area contributed by atoms with E-state index in [-0.39, 0.29) is 17.7 Å². The van der Waals surface area contributed by atoms with Crippen molar-refractivity contribution in [1.82, 2.24) is 5.32 Å². The number of hydrogen-bond acceptors (Lipinski definition) is 3. The Hall–Kier alpha value is -2.35. The van der Waals surface area contributed by atoms with Crippen LogP contribution in [-0.2, 0) is 10.2 Å². The molecule has 106 valence electrons. The van der Waals surface area contributed by atoms with Crippen LogP contribution in [0.3, 0.4) is 0 Å². The number of benzene rings is 1. The lowest BCUT2D eigenvalue weighted by molar-refractivity contribution is -0.118. The Kier molecular flexibility index (Phi) is 5.27. The Morgan fingerprint density at radius 1 is 1.40 bits per heavy atom. The molecular weight excluding hydrogens is 256 g/mol. The highest BCUT2D eigenvalue weighted by Gasteiger charge is 2.22. The van der Waals surface area contributed by atoms with Gasteiger partial charge in [-0.1, -0.05) is 26.0 Å². The van der Waals surface area contributed by atoms with Gasteiger partial charge in [0.25, 0.3) is 0 Å². The van der Waals surface area contributed by atoms with Gasteiger partial charge in [-0.2, -0.15) is 5.26 Å². The Labute approximate surface area is 118 Å². The van der Waals surface area contributed by atoms with E-state index in [0.29, 0.717) is 18.4 Å². The molecule has 0 aromatic heterocycles. The van der Waals surface area contributed by atoms with Gasteiger partial charge in [0.2, 0.25) is 0 Å². The zero-order chi connectivity index (χ0) is 15.2. The first-order valence-electron chi connectivity index (χ1n) is 6.34. The van der Waals surface area contributed by atoms with Crippen molar-refractivity contribution in [3.8, 4) is 6.07 Å². The fraction of sp³-hybridized carbons (Fsp3) is 0.400. The smallest absolute Gasteiger partial charge is 0.405 e. The number of rotatable bonds is 6. The van der Waals surface area contributed by atoms with Crippen molar-refractivity contribution >= 4 is 11.9 Å². The van der Waals surface area contributed by atoms with Crippen molar-refractivity contribution in [2.75, 3.05) is 6.54 Å². The molecule has 1 amide bonds. The number of carbonyl (C=O) groups is 2. The molecule has 0 aliphatic heterocycles. The average molecular weight is 274 g/mol. The van der Waals surface area contributed by atoms with Crippen LogP contribution in [0.25, 0.3) is 0 Å². The zero-order valence-corrected chi connectivity index (χ0v) is 11.6. The molecule has 1 aromatic carbocycles. The summed E-state index contributed by atoms with van der Waals surface area (Å²) >= 11 is 0. The SMILES string of the molecule is CC(C)(CCC(=O)CNC(=O)O)c1cccc(C#N)c1. The van der Waals surface area contributed by atoms with E-state index in [0.717, 1.165) is 5.56 Å². The number of hydrogen-bond donors (Lipinski definition) is 2. The summed E-state index contributed by atoms with van der Waals surface area (Å²) in [7, 11) is 0. The van der Waals surface area contributed by atoms with Gasteiger partial charge in [0.05, 0.1) is 18.2 Å². The quantitative estimate of drug-likeness (QED) is 0.833. The molecule has 20 heavy (non-hydrogen) atoms. The van der Waals surface area contributed by atoms with Gasteiger partial charge in [0.1, 0.15) is 0 Å². The van der Waals surface area contributed by atoms with Gasteiger partial charge in [-0.05, 0) is 29.5 Å². The van der Waals surface area contributed by atoms with Crippen molar-refractivity contribution in [1.29, 1.82) is 5.26 Å². The summed E-state index contributed by atoms with van der Waals surface area (Å²) in [6.07, 6.45) is -0.300. The Bertz CT molecular complexity index is 544. The number of ketones is 1. The molecule has 1 rings (SSSR count). The largest absolute Gasteiger partial charge is 0.465 e. The second-order valence-electron chi connectivity index (χ2n) is 5.27. The standard InChI is InChI=1S/C15H18N2O3/c1-15(2,7-6-13(18)10-17-14(19)20)12-5-3-4-11(8-12)9-16/h3-5,8,17H,6-7,10H2,1-2H3,(H,19,20). The van der Waals surface area contributed by atoms with Crippen molar-refractivity contribution < 1.29 is 14.7 Å². The lowest BCUT2D eigenvalue weighted by Crippen LogP contribution is -2.29. The van der Waals surface area contributed by atoms with E-state index < -0.39 is 6.09 Å². The third-order valence-corrected chi connectivity index (χ3v) is 3.24. The van der Waals surface area contributed by atoms with E-state index in [1.165, 1.54) is 0 Å². The normalized spacial score (nSPS) is 10.7. The van der Waals surface area contributed by atoms with E-state index in [1.54, 1.807) is 6.07 Å². The van der Waals surface area contributed by atoms with Crippen molar-refractivity contribution in [2.45, 2.75) is 32.1 Å². The number of carboxylic acid groups (broad SMARTS) is 1. The van der Waals surface area contributed by atoms with E-state index in [4.69, 9.17) is 10.4 Å². The lowest BCUT2D eigenvalue weighted by atomic mass is 9.79. The molecule has 0 saturated heterocycles. The van der Waals surface area contributed by atoms with Crippen LogP contribution >= 0.6 is 0 Å². The molecule has 2 N–H and O–H groups in total. The molecule has 0 unspecified atom stereocenters. The summed E-state index contributed by atoms with van der Waals surface area (Å²) in [5, 5.41) is 19.4. The molecule has 0 atom stereocenters. The lowest BCUT2D eigenvalue weighted by Gasteiger charge is -2.25. The first kappa shape index (κ1) is 15.7. The monoisotopic (exact) mass is 274 g/mol. The van der Waals surface area contributed by atoms with Crippen LogP contribution in [0.2, 0.25) is 0 Å². The van der Waals surface area contributed by atoms with E-state index in [1.807, 2.05) is 32.0 Å². The number of nitrogens with zero attached hydrogens (tertiary/aromatic N) is 1. The van der Waals surface area contributed by atoms with Crippen LogP contribution in [0.1, 0.15) is 37.8 Å². The molecule has 0 saturated carbocycles. The topological polar surface area (TPSA) is 90.2 Å². The molecule has 0 radical (unpaired) electrons. The maximum atomic E-state index is 11.6. The summed E-state index contributed by atoms with van der Waals surface area (Å²) in [6, 6.07) is 9.41. The predicted molar refractivity (Wildman–Crippen MR) is 74.5 cm³/mol. The molecule has 0 bridgehead atoms. The highest BCUT2D eigenvalue weighted by atomic mass is 16.4. The van der Waals surface area contributed by atoms with Gasteiger partial charge in [0, 0.05) is 6.42 Å². The second-order valence-corrected chi connectivity index (χ2v) is 5.27. The summed E-state index contributed by atoms with van der Waals surface area (Å²) in [5.41, 5.74) is 1.34. The van der Waals surface area contributed by atoms with Gasteiger partial charge in [-0.3, -0.25) is 4.79 Å². The van der Waals surface area contributed by atoms with Gasteiger partial charge in [0.15, 0.2) is 5.78 Å². The van der Waals surface area contributed by atoms with Gasteiger partial charge >= 0.3 is 6.09 Å². The fourth-order valence-electron chi connectivity index (χ4n) is 1.87. The summed E-state index contributed by atoms with van der Waals surface area (Å²) in [5.74, 6) is -0.142. The van der Waals surface area contributed by atoms with Crippen LogP contribution in [0, 0.1) is 11.3 Å². The van der Waals surface area contributed by atoms with Crippen molar-refractivity contribution in [3.63, 3.8) is 0 Å². The van der Waals surface area contributed by atoms with Crippen LogP contribution in [0.4, 0.5) is 4.79 Å². The number of amides is 1. The maximum Gasteiger partial charge on any atom is 0.405 e. The number of carbonyl (C=O) groups excluding carboxylic acids is 1. The molecule has 0 aliphatic rings. The molecule has 0 spiro atoms. The number of nitrogens with one attached hydrogen (secondary N) is 1. The first-order valence-corrected chi connectivity index (χ1v) is 6.34. The van der Waals surface area contributed by atoms with E-state index in [2.05, 4.69) is 11.4 Å². The first-order chi connectivity index (χ1) is 9.35. The molecule has 5 nitrogen and oxygen atoms in total. The Morgan fingerprint density at radius 2 is 2.10 bits per heavy atom. The molecule has 0 fully saturated rings. The average Bonchev–Trinajstić information content (AvgIpc) is 2.43. The van der Waals surface area contributed by atoms with Gasteiger partial charge in [-0.25, -0.2) is 4.79 Å². The highest BCUT2D eigenvalue weighted by molar-refractivity contribution is 5.83. The Morgan fingerprint density at radius 3 is 2.70 bits per heavy atom. The summed E-state index contributed by atoms with van der Waals surface area (Å²) in [4.78, 5) is 21.9. The van der Waals surface area contributed by atoms with Crippen molar-refractivity contribution in [2.24, 2.45) is 0 Å². The van der Waals surface area contributed by atoms with Crippen LogP contribution < -0.4 is 5.32 Å². The minimum absolute atomic E-state index is 0.142. The molecule has 1 aromatic rings. The molecule has 0 heterocycles. The number of Topliss-reactive ketones (excluding diaryl/α,β-unsaturated/α-hetero) is 1. The predicted octanol–water partition coefficient (Wildman–Crippen LogP) is 2.45. The molecular formula is C15H18N2O3. The van der Waals surface area contributed by atoms with Crippen LogP contribution in [-0.4, -0.2) is 23.5 Å². The number of nitriles is 1. The molecule has 0 aliphatic carbocycles. The van der Waals surface area contributed by atoms with Crippen LogP contribution in [0.5, 0.6) is 0 Å². The van der Waals surface area contributed by atoms with Gasteiger partial charge in [-0.15, -0.1) is 0 Å². The van der Waals surface area contributed by atoms with Crippen molar-refractivity contribution in [3.05, 3.63) is 35.4 Å². The summed E-state index contributed by atoms with van der Waals surface area (Å²) in [6.45, 7) is 3.84. The highest BCUT2D eigenvalue weighted by Crippen LogP contribution is 2.28. The maximum absolute atomic E-state index is 11.6. The minimum atomic E-state index is -1.20. The zero-order valence-electron chi connectivity index (χ0n) is 11.6. The Balaban J connectivity index is 2.63. The fourth-order valence-corrected chi connectivity index (χ4v) is 1.87. The van der Waals surface area contributed by atoms with Crippen LogP contribution in [0.15, 0.2) is 24.3 Å². The van der Waals surface area contributed by atoms with Gasteiger partial charge < -0.3 is 10.4 Å². The van der Waals surface area contributed by atoms with E-state index in [9.17, 15) is 9.59 Å². The second kappa shape index (κ2) is 6.71. The summed E-state index contributed by atoms with van der Waals surface area (Å²) < 4.78 is 0.